The van der Waals surface area contributed by atoms with Crippen molar-refractivity contribution in [2.75, 3.05) is 0 Å². The van der Waals surface area contributed by atoms with Crippen LogP contribution in [0.1, 0.15) is 28.5 Å². The molecule has 1 atom stereocenters. The van der Waals surface area contributed by atoms with Gasteiger partial charge in [0.15, 0.2) is 0 Å². The van der Waals surface area contributed by atoms with E-state index in [0.29, 0.717) is 22.8 Å². The highest BCUT2D eigenvalue weighted by molar-refractivity contribution is 6.29. The highest BCUT2D eigenvalue weighted by Gasteiger charge is 2.12. The van der Waals surface area contributed by atoms with Gasteiger partial charge in [0.1, 0.15) is 11.0 Å². The summed E-state index contributed by atoms with van der Waals surface area (Å²) in [5, 5.41) is 3.19. The van der Waals surface area contributed by atoms with Crippen molar-refractivity contribution in [3.63, 3.8) is 0 Å². The topological polar surface area (TPSA) is 42.0 Å². The summed E-state index contributed by atoms with van der Waals surface area (Å²) in [6, 6.07) is 9.40. The number of carbonyl (C=O) groups excluding carboxylic acids is 1. The van der Waals surface area contributed by atoms with Crippen molar-refractivity contribution in [1.82, 2.24) is 10.3 Å². The summed E-state index contributed by atoms with van der Waals surface area (Å²) in [6.45, 7) is 3.68. The zero-order chi connectivity index (χ0) is 15.4. The molecule has 1 aromatic heterocycles. The molecule has 5 heteroatoms. The summed E-state index contributed by atoms with van der Waals surface area (Å²) in [7, 11) is 0. The molecule has 1 N–H and O–H groups in total. The molecular formula is C16H16ClFN2O. The molecule has 1 aromatic carbocycles. The summed E-state index contributed by atoms with van der Waals surface area (Å²) in [6.07, 6.45) is 0.629. The van der Waals surface area contributed by atoms with Crippen LogP contribution in [0.3, 0.4) is 0 Å². The monoisotopic (exact) mass is 306 g/mol. The number of aromatic nitrogens is 1. The summed E-state index contributed by atoms with van der Waals surface area (Å²) in [5.41, 5.74) is 2.14. The van der Waals surface area contributed by atoms with Crippen LogP contribution in [-0.4, -0.2) is 16.9 Å². The number of aryl methyl sites for hydroxylation is 1. The predicted octanol–water partition coefficient (Wildman–Crippen LogP) is 3.54. The standard InChI is InChI=1S/C16H16ClFN2O/c1-10(7-12-3-5-14(18)6-4-12)20-16(21)13-8-11(2)19-15(17)9-13/h3-6,8-10H,7H2,1-2H3,(H,20,21). The van der Waals surface area contributed by atoms with Crippen molar-refractivity contribution < 1.29 is 9.18 Å². The van der Waals surface area contributed by atoms with Gasteiger partial charge >= 0.3 is 0 Å². The molecule has 1 amide bonds. The summed E-state index contributed by atoms with van der Waals surface area (Å²) in [5.74, 6) is -0.464. The Balaban J connectivity index is 2.00. The lowest BCUT2D eigenvalue weighted by atomic mass is 10.1. The van der Waals surface area contributed by atoms with Crippen molar-refractivity contribution in [2.24, 2.45) is 0 Å². The predicted molar refractivity (Wildman–Crippen MR) is 81.0 cm³/mol. The zero-order valence-corrected chi connectivity index (χ0v) is 12.6. The Morgan fingerprint density at radius 2 is 2.00 bits per heavy atom. The zero-order valence-electron chi connectivity index (χ0n) is 11.9. The second kappa shape index (κ2) is 6.68. The number of benzene rings is 1. The fourth-order valence-corrected chi connectivity index (χ4v) is 2.34. The Kier molecular flexibility index (Phi) is 4.91. The summed E-state index contributed by atoms with van der Waals surface area (Å²) < 4.78 is 12.8. The molecule has 3 nitrogen and oxygen atoms in total. The molecule has 0 spiro atoms. The number of nitrogens with one attached hydrogen (secondary N) is 1. The molecule has 0 aliphatic carbocycles. The first-order valence-corrected chi connectivity index (χ1v) is 7.01. The normalized spacial score (nSPS) is 12.0. The van der Waals surface area contributed by atoms with Crippen molar-refractivity contribution in [3.05, 3.63) is 64.2 Å². The average molecular weight is 307 g/mol. The maximum Gasteiger partial charge on any atom is 0.251 e. The Morgan fingerprint density at radius 1 is 1.33 bits per heavy atom. The number of hydrogen-bond donors (Lipinski definition) is 1. The number of pyridine rings is 1. The second-order valence-corrected chi connectivity index (χ2v) is 5.41. The van der Waals surface area contributed by atoms with Crippen molar-refractivity contribution in [1.29, 1.82) is 0 Å². The minimum absolute atomic E-state index is 0.0739. The first-order valence-electron chi connectivity index (χ1n) is 6.63. The first kappa shape index (κ1) is 15.4. The van der Waals surface area contributed by atoms with Crippen LogP contribution in [0.5, 0.6) is 0 Å². The molecule has 0 saturated carbocycles. The maximum atomic E-state index is 12.8. The molecule has 0 saturated heterocycles. The maximum absolute atomic E-state index is 12.8. The molecule has 0 bridgehead atoms. The molecule has 2 rings (SSSR count). The molecule has 0 aliphatic rings. The number of carbonyl (C=O) groups is 1. The Bertz CT molecular complexity index is 623. The van der Waals surface area contributed by atoms with Crippen LogP contribution in [-0.2, 0) is 6.42 Å². The van der Waals surface area contributed by atoms with Gasteiger partial charge in [-0.3, -0.25) is 4.79 Å². The van der Waals surface area contributed by atoms with Gasteiger partial charge in [-0.05, 0) is 50.1 Å². The molecule has 0 aliphatic heterocycles. The minimum Gasteiger partial charge on any atom is -0.349 e. The van der Waals surface area contributed by atoms with Gasteiger partial charge in [0.05, 0.1) is 0 Å². The van der Waals surface area contributed by atoms with Gasteiger partial charge in [-0.2, -0.15) is 0 Å². The third kappa shape index (κ3) is 4.53. The van der Waals surface area contributed by atoms with E-state index in [1.165, 1.54) is 18.2 Å². The van der Waals surface area contributed by atoms with Crippen LogP contribution >= 0.6 is 11.6 Å². The SMILES string of the molecule is Cc1cc(C(=O)NC(C)Cc2ccc(F)cc2)cc(Cl)n1. The van der Waals surface area contributed by atoms with Crippen LogP contribution in [0.2, 0.25) is 5.15 Å². The van der Waals surface area contributed by atoms with Gasteiger partial charge in [-0.15, -0.1) is 0 Å². The Labute approximate surface area is 128 Å². The van der Waals surface area contributed by atoms with E-state index < -0.39 is 0 Å². The fourth-order valence-electron chi connectivity index (χ4n) is 2.09. The molecule has 2 aromatic rings. The number of nitrogens with zero attached hydrogens (tertiary/aromatic N) is 1. The first-order chi connectivity index (χ1) is 9.94. The van der Waals surface area contributed by atoms with Gasteiger partial charge in [-0.25, -0.2) is 9.37 Å². The Hall–Kier alpha value is -1.94. The van der Waals surface area contributed by atoms with Crippen molar-refractivity contribution >= 4 is 17.5 Å². The van der Waals surface area contributed by atoms with E-state index in [-0.39, 0.29) is 17.8 Å². The van der Waals surface area contributed by atoms with Gasteiger partial charge in [-0.1, -0.05) is 23.7 Å². The van der Waals surface area contributed by atoms with Crippen LogP contribution in [0.4, 0.5) is 4.39 Å². The van der Waals surface area contributed by atoms with Gasteiger partial charge in [0.2, 0.25) is 0 Å². The molecule has 0 fully saturated rings. The quantitative estimate of drug-likeness (QED) is 0.878. The van der Waals surface area contributed by atoms with E-state index in [2.05, 4.69) is 10.3 Å². The highest BCUT2D eigenvalue weighted by atomic mass is 35.5. The number of hydrogen-bond acceptors (Lipinski definition) is 2. The molecule has 0 radical (unpaired) electrons. The third-order valence-corrected chi connectivity index (χ3v) is 3.21. The summed E-state index contributed by atoms with van der Waals surface area (Å²) >= 11 is 5.85. The van der Waals surface area contributed by atoms with E-state index in [4.69, 9.17) is 11.6 Å². The number of halogens is 2. The van der Waals surface area contributed by atoms with Crippen molar-refractivity contribution in [2.45, 2.75) is 26.3 Å². The Morgan fingerprint density at radius 3 is 2.62 bits per heavy atom. The second-order valence-electron chi connectivity index (χ2n) is 5.03. The van der Waals surface area contributed by atoms with E-state index in [9.17, 15) is 9.18 Å². The molecule has 21 heavy (non-hydrogen) atoms. The smallest absolute Gasteiger partial charge is 0.251 e. The molecule has 1 unspecified atom stereocenters. The number of rotatable bonds is 4. The lowest BCUT2D eigenvalue weighted by molar-refractivity contribution is 0.0940. The largest absolute Gasteiger partial charge is 0.349 e. The van der Waals surface area contributed by atoms with Crippen LogP contribution < -0.4 is 5.32 Å². The van der Waals surface area contributed by atoms with Crippen molar-refractivity contribution in [3.8, 4) is 0 Å². The molecule has 110 valence electrons. The van der Waals surface area contributed by atoms with Gasteiger partial charge < -0.3 is 5.32 Å². The number of amides is 1. The minimum atomic E-state index is -0.266. The lowest BCUT2D eigenvalue weighted by Gasteiger charge is -2.14. The molecule has 1 heterocycles. The third-order valence-electron chi connectivity index (χ3n) is 3.02. The van der Waals surface area contributed by atoms with Crippen LogP contribution in [0.15, 0.2) is 36.4 Å². The average Bonchev–Trinajstić information content (AvgIpc) is 2.40. The lowest BCUT2D eigenvalue weighted by Crippen LogP contribution is -2.34. The van der Waals surface area contributed by atoms with Gasteiger partial charge in [0, 0.05) is 17.3 Å². The van der Waals surface area contributed by atoms with Gasteiger partial charge in [0.25, 0.3) is 5.91 Å². The fraction of sp³-hybridized carbons (Fsp3) is 0.250. The molecular weight excluding hydrogens is 291 g/mol. The highest BCUT2D eigenvalue weighted by Crippen LogP contribution is 2.11. The summed E-state index contributed by atoms with van der Waals surface area (Å²) in [4.78, 5) is 16.2. The van der Waals surface area contributed by atoms with E-state index in [1.54, 1.807) is 25.1 Å². The van der Waals surface area contributed by atoms with E-state index >= 15 is 0 Å². The van der Waals surface area contributed by atoms with E-state index in [1.807, 2.05) is 6.92 Å². The van der Waals surface area contributed by atoms with Crippen LogP contribution in [0.25, 0.3) is 0 Å². The van der Waals surface area contributed by atoms with Crippen LogP contribution in [0, 0.1) is 12.7 Å². The van der Waals surface area contributed by atoms with E-state index in [0.717, 1.165) is 5.56 Å².